The van der Waals surface area contributed by atoms with Crippen molar-refractivity contribution >= 4 is 29.1 Å². The van der Waals surface area contributed by atoms with Gasteiger partial charge in [0, 0.05) is 5.92 Å². The Morgan fingerprint density at radius 2 is 1.88 bits per heavy atom. The quantitative estimate of drug-likeness (QED) is 0.572. The number of rotatable bonds is 4. The van der Waals surface area contributed by atoms with Crippen LogP contribution in [0.5, 0.6) is 5.75 Å². The zero-order valence-corrected chi connectivity index (χ0v) is 14.6. The maximum Gasteiger partial charge on any atom is 0.264 e. The summed E-state index contributed by atoms with van der Waals surface area (Å²) in [6, 6.07) is 7.44. The molecule has 0 radical (unpaired) electrons. The summed E-state index contributed by atoms with van der Waals surface area (Å²) in [6.07, 6.45) is 5.14. The van der Waals surface area contributed by atoms with Gasteiger partial charge in [0.1, 0.15) is 5.75 Å². The van der Waals surface area contributed by atoms with Gasteiger partial charge in [-0.2, -0.15) is 0 Å². The summed E-state index contributed by atoms with van der Waals surface area (Å²) < 4.78 is 5.43. The molecule has 1 aliphatic carbocycles. The minimum atomic E-state index is -0.386. The lowest BCUT2D eigenvalue weighted by Gasteiger charge is -2.21. The fourth-order valence-corrected chi connectivity index (χ4v) is 2.81. The Hall–Kier alpha value is -2.15. The Morgan fingerprint density at radius 3 is 2.58 bits per heavy atom. The Bertz CT molecular complexity index is 600. The van der Waals surface area contributed by atoms with E-state index in [9.17, 15) is 9.59 Å². The maximum absolute atomic E-state index is 12.0. The molecular formula is C17H23N3O3S. The van der Waals surface area contributed by atoms with Crippen molar-refractivity contribution in [3.8, 4) is 5.75 Å². The Balaban J connectivity index is 1.67. The highest BCUT2D eigenvalue weighted by Crippen LogP contribution is 2.23. The van der Waals surface area contributed by atoms with E-state index in [2.05, 4.69) is 16.2 Å². The van der Waals surface area contributed by atoms with Crippen molar-refractivity contribution in [2.45, 2.75) is 39.0 Å². The molecule has 2 amide bonds. The molecule has 7 heteroatoms. The molecule has 0 saturated heterocycles. The standard InChI is InChI=1S/C17H23N3O3S/c1-12-7-5-6-10-14(12)23-11-15(21)18-17(24)20-19-16(22)13-8-3-2-4-9-13/h5-7,10,13H,2-4,8-9,11H2,1H3,(H,19,22)(H2,18,20,21,24). The molecule has 1 aromatic rings. The summed E-state index contributed by atoms with van der Waals surface area (Å²) in [4.78, 5) is 23.8. The predicted molar refractivity (Wildman–Crippen MR) is 95.3 cm³/mol. The number of benzene rings is 1. The van der Waals surface area contributed by atoms with E-state index in [0.717, 1.165) is 31.2 Å². The minimum absolute atomic E-state index is 0.0224. The van der Waals surface area contributed by atoms with Crippen LogP contribution in [0.25, 0.3) is 0 Å². The first-order chi connectivity index (χ1) is 11.6. The van der Waals surface area contributed by atoms with Gasteiger partial charge in [0.25, 0.3) is 5.91 Å². The molecule has 24 heavy (non-hydrogen) atoms. The average molecular weight is 349 g/mol. The van der Waals surface area contributed by atoms with E-state index in [4.69, 9.17) is 17.0 Å². The van der Waals surface area contributed by atoms with Crippen molar-refractivity contribution in [2.24, 2.45) is 5.92 Å². The lowest BCUT2D eigenvalue weighted by atomic mass is 9.89. The van der Waals surface area contributed by atoms with Gasteiger partial charge in [0.2, 0.25) is 5.91 Å². The van der Waals surface area contributed by atoms with Crippen molar-refractivity contribution in [1.29, 1.82) is 0 Å². The Kier molecular flexibility index (Phi) is 6.99. The number of hydrogen-bond acceptors (Lipinski definition) is 4. The molecule has 0 aliphatic heterocycles. The van der Waals surface area contributed by atoms with Crippen LogP contribution in [0.4, 0.5) is 0 Å². The first-order valence-corrected chi connectivity index (χ1v) is 8.55. The van der Waals surface area contributed by atoms with Gasteiger partial charge >= 0.3 is 0 Å². The molecule has 1 fully saturated rings. The largest absolute Gasteiger partial charge is 0.483 e. The van der Waals surface area contributed by atoms with Crippen LogP contribution in [0.1, 0.15) is 37.7 Å². The van der Waals surface area contributed by atoms with Gasteiger partial charge in [0.15, 0.2) is 11.7 Å². The summed E-state index contributed by atoms with van der Waals surface area (Å²) in [6.45, 7) is 1.75. The molecule has 3 N–H and O–H groups in total. The number of amides is 2. The fraction of sp³-hybridized carbons (Fsp3) is 0.471. The monoisotopic (exact) mass is 349 g/mol. The summed E-state index contributed by atoms with van der Waals surface area (Å²) in [5, 5.41) is 2.52. The second-order valence-electron chi connectivity index (χ2n) is 5.88. The van der Waals surface area contributed by atoms with E-state index in [1.165, 1.54) is 6.42 Å². The van der Waals surface area contributed by atoms with E-state index in [1.807, 2.05) is 25.1 Å². The smallest absolute Gasteiger partial charge is 0.264 e. The molecule has 0 bridgehead atoms. The molecule has 0 unspecified atom stereocenters. The SMILES string of the molecule is Cc1ccccc1OCC(=O)NC(=S)NNC(=O)C1CCCCC1. The van der Waals surface area contributed by atoms with Gasteiger partial charge in [-0.3, -0.25) is 25.8 Å². The van der Waals surface area contributed by atoms with Crippen LogP contribution < -0.4 is 20.9 Å². The first kappa shape index (κ1) is 18.2. The maximum atomic E-state index is 12.0. The number of nitrogens with one attached hydrogen (secondary N) is 3. The predicted octanol–water partition coefficient (Wildman–Crippen LogP) is 1.98. The number of carbonyl (C=O) groups is 2. The van der Waals surface area contributed by atoms with E-state index in [1.54, 1.807) is 6.07 Å². The summed E-state index contributed by atoms with van der Waals surface area (Å²) in [5.74, 6) is 0.205. The second kappa shape index (κ2) is 9.22. The molecular weight excluding hydrogens is 326 g/mol. The van der Waals surface area contributed by atoms with E-state index in [0.29, 0.717) is 5.75 Å². The topological polar surface area (TPSA) is 79.5 Å². The molecule has 130 valence electrons. The third-order valence-electron chi connectivity index (χ3n) is 3.98. The van der Waals surface area contributed by atoms with E-state index < -0.39 is 0 Å². The number of para-hydroxylation sites is 1. The van der Waals surface area contributed by atoms with Crippen LogP contribution in [0.2, 0.25) is 0 Å². The van der Waals surface area contributed by atoms with Crippen LogP contribution in [0, 0.1) is 12.8 Å². The second-order valence-corrected chi connectivity index (χ2v) is 6.29. The zero-order chi connectivity index (χ0) is 17.4. The average Bonchev–Trinajstić information content (AvgIpc) is 2.59. The zero-order valence-electron chi connectivity index (χ0n) is 13.8. The molecule has 2 rings (SSSR count). The van der Waals surface area contributed by atoms with E-state index in [-0.39, 0.29) is 29.5 Å². The van der Waals surface area contributed by atoms with Crippen molar-refractivity contribution in [3.05, 3.63) is 29.8 Å². The van der Waals surface area contributed by atoms with Crippen LogP contribution in [-0.4, -0.2) is 23.5 Å². The van der Waals surface area contributed by atoms with Crippen LogP contribution >= 0.6 is 12.2 Å². The third kappa shape index (κ3) is 5.81. The van der Waals surface area contributed by atoms with Gasteiger partial charge in [0.05, 0.1) is 0 Å². The van der Waals surface area contributed by atoms with E-state index >= 15 is 0 Å². The van der Waals surface area contributed by atoms with Crippen LogP contribution in [-0.2, 0) is 9.59 Å². The minimum Gasteiger partial charge on any atom is -0.483 e. The summed E-state index contributed by atoms with van der Waals surface area (Å²) in [7, 11) is 0. The van der Waals surface area contributed by atoms with Crippen LogP contribution in [0.3, 0.4) is 0 Å². The molecule has 0 heterocycles. The van der Waals surface area contributed by atoms with Gasteiger partial charge in [-0.25, -0.2) is 0 Å². The summed E-state index contributed by atoms with van der Waals surface area (Å²) >= 11 is 4.99. The number of carbonyl (C=O) groups excluding carboxylic acids is 2. The first-order valence-electron chi connectivity index (χ1n) is 8.14. The molecule has 6 nitrogen and oxygen atoms in total. The van der Waals surface area contributed by atoms with Gasteiger partial charge in [-0.15, -0.1) is 0 Å². The lowest BCUT2D eigenvalue weighted by molar-refractivity contribution is -0.126. The molecule has 0 aromatic heterocycles. The third-order valence-corrected chi connectivity index (χ3v) is 4.18. The molecule has 1 aromatic carbocycles. The number of hydrazine groups is 1. The van der Waals surface area contributed by atoms with Gasteiger partial charge in [-0.05, 0) is 43.6 Å². The molecule has 0 spiro atoms. The van der Waals surface area contributed by atoms with Gasteiger partial charge < -0.3 is 4.74 Å². The Labute approximate surface area is 147 Å². The van der Waals surface area contributed by atoms with Gasteiger partial charge in [-0.1, -0.05) is 37.5 Å². The number of thiocarbonyl (C=S) groups is 1. The summed E-state index contributed by atoms with van der Waals surface area (Å²) in [5.41, 5.74) is 6.07. The number of hydrogen-bond donors (Lipinski definition) is 3. The highest BCUT2D eigenvalue weighted by Gasteiger charge is 2.21. The Morgan fingerprint density at radius 1 is 1.17 bits per heavy atom. The van der Waals surface area contributed by atoms with Crippen LogP contribution in [0.15, 0.2) is 24.3 Å². The highest BCUT2D eigenvalue weighted by molar-refractivity contribution is 7.80. The molecule has 1 aliphatic rings. The van der Waals surface area contributed by atoms with Crippen molar-refractivity contribution in [1.82, 2.24) is 16.2 Å². The number of aryl methyl sites for hydroxylation is 1. The number of ether oxygens (including phenoxy) is 1. The highest BCUT2D eigenvalue weighted by atomic mass is 32.1. The normalized spacial score (nSPS) is 14.5. The molecule has 0 atom stereocenters. The van der Waals surface area contributed by atoms with Crippen molar-refractivity contribution < 1.29 is 14.3 Å². The van der Waals surface area contributed by atoms with Crippen molar-refractivity contribution in [3.63, 3.8) is 0 Å². The lowest BCUT2D eigenvalue weighted by Crippen LogP contribution is -2.51. The van der Waals surface area contributed by atoms with Crippen molar-refractivity contribution in [2.75, 3.05) is 6.61 Å². The molecule has 1 saturated carbocycles. The fourth-order valence-electron chi connectivity index (χ4n) is 2.64.